The van der Waals surface area contributed by atoms with Crippen LogP contribution in [0.15, 0.2) is 0 Å². The number of carbonyl (C=O) groups is 1. The van der Waals surface area contributed by atoms with Crippen LogP contribution in [0.4, 0.5) is 0 Å². The molecule has 2 fully saturated rings. The molecule has 0 aromatic heterocycles. The lowest BCUT2D eigenvalue weighted by Gasteiger charge is -2.28. The van der Waals surface area contributed by atoms with Gasteiger partial charge in [-0.1, -0.05) is 0 Å². The average Bonchev–Trinajstić information content (AvgIpc) is 2.77. The summed E-state index contributed by atoms with van der Waals surface area (Å²) in [5, 5.41) is 2.98. The first-order valence-corrected chi connectivity index (χ1v) is 6.13. The fraction of sp³-hybridized carbons (Fsp3) is 0.769. The summed E-state index contributed by atoms with van der Waals surface area (Å²) in [5.74, 6) is 3.79. The number of hydrogen-bond donors (Lipinski definition) is 2. The third-order valence-corrected chi connectivity index (χ3v) is 4.10. The van der Waals surface area contributed by atoms with Gasteiger partial charge in [-0.15, -0.1) is 12.3 Å². The van der Waals surface area contributed by atoms with E-state index in [4.69, 9.17) is 12.2 Å². The van der Waals surface area contributed by atoms with Crippen molar-refractivity contribution in [2.75, 3.05) is 0 Å². The first-order valence-electron chi connectivity index (χ1n) is 6.13. The minimum Gasteiger partial charge on any atom is -0.352 e. The van der Waals surface area contributed by atoms with Crippen LogP contribution in [0.2, 0.25) is 0 Å². The second kappa shape index (κ2) is 4.47. The molecule has 0 spiro atoms. The zero-order valence-electron chi connectivity index (χ0n) is 9.78. The van der Waals surface area contributed by atoms with Gasteiger partial charge in [-0.2, -0.15) is 0 Å². The van der Waals surface area contributed by atoms with Gasteiger partial charge in [0.05, 0.1) is 5.92 Å². The number of terminal acetylenes is 1. The zero-order valence-corrected chi connectivity index (χ0v) is 9.78. The highest BCUT2D eigenvalue weighted by atomic mass is 16.2. The summed E-state index contributed by atoms with van der Waals surface area (Å²) in [7, 11) is 0. The van der Waals surface area contributed by atoms with Gasteiger partial charge in [-0.25, -0.2) is 0 Å². The predicted molar refractivity (Wildman–Crippen MR) is 63.4 cm³/mol. The third kappa shape index (κ3) is 1.94. The number of hydrogen-bond acceptors (Lipinski definition) is 2. The Kier molecular flexibility index (Phi) is 3.20. The number of rotatable bonds is 3. The van der Waals surface area contributed by atoms with Gasteiger partial charge in [-0.05, 0) is 38.0 Å². The fourth-order valence-electron chi connectivity index (χ4n) is 3.29. The van der Waals surface area contributed by atoms with E-state index in [1.807, 2.05) is 6.92 Å². The second-order valence-electron chi connectivity index (χ2n) is 5.25. The summed E-state index contributed by atoms with van der Waals surface area (Å²) in [6.45, 7) is 1.94. The highest BCUT2D eigenvalue weighted by Crippen LogP contribution is 2.47. The van der Waals surface area contributed by atoms with Crippen LogP contribution < -0.4 is 11.1 Å². The SMILES string of the molecule is C#CCC(C)NC(=O)C1C2CCC(C2)C1N. The lowest BCUT2D eigenvalue weighted by Crippen LogP contribution is -2.47. The number of carbonyl (C=O) groups excluding carboxylic acids is 1. The highest BCUT2D eigenvalue weighted by Gasteiger charge is 2.49. The molecular formula is C13H20N2O. The molecule has 3 nitrogen and oxygen atoms in total. The molecular weight excluding hydrogens is 200 g/mol. The summed E-state index contributed by atoms with van der Waals surface area (Å²) in [4.78, 5) is 12.1. The minimum atomic E-state index is 0.0268. The second-order valence-corrected chi connectivity index (χ2v) is 5.25. The van der Waals surface area contributed by atoms with Crippen molar-refractivity contribution < 1.29 is 4.79 Å². The Morgan fingerprint density at radius 3 is 2.81 bits per heavy atom. The van der Waals surface area contributed by atoms with Crippen molar-refractivity contribution in [3.8, 4) is 12.3 Å². The topological polar surface area (TPSA) is 55.1 Å². The number of nitrogens with two attached hydrogens (primary N) is 1. The van der Waals surface area contributed by atoms with E-state index in [0.717, 1.165) is 6.42 Å². The fourth-order valence-corrected chi connectivity index (χ4v) is 3.29. The van der Waals surface area contributed by atoms with E-state index in [9.17, 15) is 4.79 Å². The molecule has 3 heteroatoms. The Labute approximate surface area is 97.2 Å². The van der Waals surface area contributed by atoms with Crippen LogP contribution >= 0.6 is 0 Å². The molecule has 2 rings (SSSR count). The van der Waals surface area contributed by atoms with Crippen molar-refractivity contribution in [3.63, 3.8) is 0 Å². The molecule has 1 amide bonds. The molecule has 2 aliphatic rings. The van der Waals surface area contributed by atoms with E-state index in [-0.39, 0.29) is 23.9 Å². The van der Waals surface area contributed by atoms with E-state index in [2.05, 4.69) is 11.2 Å². The predicted octanol–water partition coefficient (Wildman–Crippen LogP) is 0.888. The van der Waals surface area contributed by atoms with Gasteiger partial charge in [0.25, 0.3) is 0 Å². The van der Waals surface area contributed by atoms with Gasteiger partial charge in [0.15, 0.2) is 0 Å². The van der Waals surface area contributed by atoms with Crippen LogP contribution in [0.1, 0.15) is 32.6 Å². The smallest absolute Gasteiger partial charge is 0.225 e. The molecule has 5 unspecified atom stereocenters. The standard InChI is InChI=1S/C13H20N2O/c1-3-4-8(2)15-13(16)11-9-5-6-10(7-9)12(11)14/h1,8-12H,4-7,14H2,2H3,(H,15,16). The highest BCUT2D eigenvalue weighted by molar-refractivity contribution is 5.80. The third-order valence-electron chi connectivity index (χ3n) is 4.10. The summed E-state index contributed by atoms with van der Waals surface area (Å²) < 4.78 is 0. The Morgan fingerprint density at radius 2 is 2.25 bits per heavy atom. The maximum absolute atomic E-state index is 12.1. The van der Waals surface area contributed by atoms with Crippen LogP contribution in [0.3, 0.4) is 0 Å². The first kappa shape index (κ1) is 11.5. The number of fused-ring (bicyclic) bond motifs is 2. The van der Waals surface area contributed by atoms with Crippen LogP contribution in [-0.4, -0.2) is 18.0 Å². The van der Waals surface area contributed by atoms with E-state index >= 15 is 0 Å². The molecule has 2 saturated carbocycles. The molecule has 0 radical (unpaired) electrons. The maximum Gasteiger partial charge on any atom is 0.225 e. The van der Waals surface area contributed by atoms with Crippen molar-refractivity contribution in [1.82, 2.24) is 5.32 Å². The first-order chi connectivity index (χ1) is 7.63. The van der Waals surface area contributed by atoms with Crippen molar-refractivity contribution in [1.29, 1.82) is 0 Å². The quantitative estimate of drug-likeness (QED) is 0.694. The normalized spacial score (nSPS) is 38.1. The van der Waals surface area contributed by atoms with Gasteiger partial charge < -0.3 is 11.1 Å². The van der Waals surface area contributed by atoms with Gasteiger partial charge in [-0.3, -0.25) is 4.79 Å². The molecule has 2 bridgehead atoms. The van der Waals surface area contributed by atoms with E-state index in [1.165, 1.54) is 12.8 Å². The van der Waals surface area contributed by atoms with Crippen LogP contribution in [-0.2, 0) is 4.79 Å². The Balaban J connectivity index is 1.93. The van der Waals surface area contributed by atoms with Crippen molar-refractivity contribution in [2.24, 2.45) is 23.5 Å². The number of nitrogens with one attached hydrogen (secondary N) is 1. The summed E-state index contributed by atoms with van der Waals surface area (Å²) in [5.41, 5.74) is 6.11. The lowest BCUT2D eigenvalue weighted by atomic mass is 9.84. The van der Waals surface area contributed by atoms with Gasteiger partial charge in [0.2, 0.25) is 5.91 Å². The largest absolute Gasteiger partial charge is 0.352 e. The molecule has 2 aliphatic carbocycles. The molecule has 3 N–H and O–H groups in total. The van der Waals surface area contributed by atoms with Crippen LogP contribution in [0, 0.1) is 30.1 Å². The molecule has 0 aliphatic heterocycles. The lowest BCUT2D eigenvalue weighted by molar-refractivity contribution is -0.127. The maximum atomic E-state index is 12.1. The Bertz CT molecular complexity index is 318. The monoisotopic (exact) mass is 220 g/mol. The van der Waals surface area contributed by atoms with Crippen LogP contribution in [0.25, 0.3) is 0 Å². The molecule has 16 heavy (non-hydrogen) atoms. The molecule has 0 aromatic rings. The van der Waals surface area contributed by atoms with Crippen molar-refractivity contribution >= 4 is 5.91 Å². The minimum absolute atomic E-state index is 0.0268. The molecule has 5 atom stereocenters. The van der Waals surface area contributed by atoms with Crippen LogP contribution in [0.5, 0.6) is 0 Å². The molecule has 0 saturated heterocycles. The van der Waals surface area contributed by atoms with E-state index < -0.39 is 0 Å². The Morgan fingerprint density at radius 1 is 1.56 bits per heavy atom. The Hall–Kier alpha value is -1.01. The van der Waals surface area contributed by atoms with E-state index in [1.54, 1.807) is 0 Å². The molecule has 88 valence electrons. The van der Waals surface area contributed by atoms with E-state index in [0.29, 0.717) is 18.3 Å². The zero-order chi connectivity index (χ0) is 11.7. The van der Waals surface area contributed by atoms with Gasteiger partial charge in [0, 0.05) is 18.5 Å². The average molecular weight is 220 g/mol. The number of amides is 1. The summed E-state index contributed by atoms with van der Waals surface area (Å²) >= 11 is 0. The van der Waals surface area contributed by atoms with Crippen molar-refractivity contribution in [2.45, 2.75) is 44.7 Å². The molecule has 0 heterocycles. The molecule has 0 aromatic carbocycles. The van der Waals surface area contributed by atoms with Gasteiger partial charge >= 0.3 is 0 Å². The van der Waals surface area contributed by atoms with Gasteiger partial charge in [0.1, 0.15) is 0 Å². The van der Waals surface area contributed by atoms with Crippen molar-refractivity contribution in [3.05, 3.63) is 0 Å². The summed E-state index contributed by atoms with van der Waals surface area (Å²) in [6, 6.07) is 0.126. The summed E-state index contributed by atoms with van der Waals surface area (Å²) in [6.07, 6.45) is 9.32.